The minimum Gasteiger partial charge on any atom is -0.459 e. The van der Waals surface area contributed by atoms with E-state index in [9.17, 15) is 13.6 Å². The van der Waals surface area contributed by atoms with E-state index in [4.69, 9.17) is 5.73 Å². The summed E-state index contributed by atoms with van der Waals surface area (Å²) < 4.78 is 32.3. The first-order chi connectivity index (χ1) is 9.97. The van der Waals surface area contributed by atoms with Crippen LogP contribution in [0.1, 0.15) is 11.1 Å². The zero-order valence-electron chi connectivity index (χ0n) is 11.3. The molecule has 21 heavy (non-hydrogen) atoms. The molecule has 2 aromatic carbocycles. The first kappa shape index (κ1) is 15.0. The van der Waals surface area contributed by atoms with Crippen LogP contribution >= 0.6 is 0 Å². The zero-order chi connectivity index (χ0) is 15.3. The van der Waals surface area contributed by atoms with Crippen molar-refractivity contribution in [1.29, 1.82) is 0 Å². The van der Waals surface area contributed by atoms with E-state index in [1.54, 1.807) is 30.3 Å². The number of anilines is 1. The molecule has 5 heteroatoms. The van der Waals surface area contributed by atoms with E-state index in [1.807, 2.05) is 0 Å². The number of halogens is 2. The van der Waals surface area contributed by atoms with E-state index in [2.05, 4.69) is 4.74 Å². The number of rotatable bonds is 5. The highest BCUT2D eigenvalue weighted by atomic mass is 19.3. The average Bonchev–Trinajstić information content (AvgIpc) is 2.46. The Morgan fingerprint density at radius 1 is 1.10 bits per heavy atom. The zero-order valence-corrected chi connectivity index (χ0v) is 11.3. The Balaban J connectivity index is 1.92. The lowest BCUT2D eigenvalue weighted by Crippen LogP contribution is -2.24. The first-order valence-electron chi connectivity index (χ1n) is 6.41. The van der Waals surface area contributed by atoms with Crippen LogP contribution < -0.4 is 5.73 Å². The van der Waals surface area contributed by atoms with Crippen LogP contribution in [0.25, 0.3) is 0 Å². The van der Waals surface area contributed by atoms with Crippen LogP contribution in [0.2, 0.25) is 0 Å². The number of carbonyl (C=O) groups excluding carboxylic acids is 1. The lowest BCUT2D eigenvalue weighted by molar-refractivity contribution is -0.155. The molecule has 0 aliphatic carbocycles. The van der Waals surface area contributed by atoms with Gasteiger partial charge in [-0.2, -0.15) is 8.78 Å². The molecule has 0 spiro atoms. The lowest BCUT2D eigenvalue weighted by Gasteiger charge is -2.16. The lowest BCUT2D eigenvalue weighted by atomic mass is 10.1. The molecule has 0 saturated heterocycles. The van der Waals surface area contributed by atoms with Crippen molar-refractivity contribution in [3.05, 3.63) is 65.7 Å². The fourth-order valence-electron chi connectivity index (χ4n) is 1.86. The third kappa shape index (κ3) is 4.27. The second-order valence-corrected chi connectivity index (χ2v) is 4.65. The molecule has 3 nitrogen and oxygen atoms in total. The van der Waals surface area contributed by atoms with Crippen LogP contribution in [0, 0.1) is 0 Å². The number of hydrogen-bond donors (Lipinski definition) is 1. The molecule has 0 atom stereocenters. The second-order valence-electron chi connectivity index (χ2n) is 4.65. The van der Waals surface area contributed by atoms with Gasteiger partial charge in [0.2, 0.25) is 0 Å². The van der Waals surface area contributed by atoms with Gasteiger partial charge in [-0.25, -0.2) is 0 Å². The number of esters is 1. The molecule has 0 radical (unpaired) electrons. The SMILES string of the molecule is Nc1cccc(CC(=O)OCC(F)(F)c2ccccc2)c1. The summed E-state index contributed by atoms with van der Waals surface area (Å²) in [7, 11) is 0. The summed E-state index contributed by atoms with van der Waals surface area (Å²) >= 11 is 0. The molecule has 2 rings (SSSR count). The van der Waals surface area contributed by atoms with Crippen molar-refractivity contribution in [2.24, 2.45) is 0 Å². The number of nitrogens with two attached hydrogens (primary N) is 1. The highest BCUT2D eigenvalue weighted by Crippen LogP contribution is 2.27. The molecular formula is C16H15F2NO2. The molecular weight excluding hydrogens is 276 g/mol. The van der Waals surface area contributed by atoms with Crippen molar-refractivity contribution in [3.63, 3.8) is 0 Å². The summed E-state index contributed by atoms with van der Waals surface area (Å²) in [5.41, 5.74) is 6.54. The molecule has 0 aliphatic heterocycles. The Hall–Kier alpha value is -2.43. The summed E-state index contributed by atoms with van der Waals surface area (Å²) in [5, 5.41) is 0. The fourth-order valence-corrected chi connectivity index (χ4v) is 1.86. The van der Waals surface area contributed by atoms with Crippen LogP contribution in [0.3, 0.4) is 0 Å². The summed E-state index contributed by atoms with van der Waals surface area (Å²) in [4.78, 5) is 11.6. The monoisotopic (exact) mass is 291 g/mol. The Bertz CT molecular complexity index is 615. The van der Waals surface area contributed by atoms with Crippen molar-refractivity contribution in [3.8, 4) is 0 Å². The average molecular weight is 291 g/mol. The van der Waals surface area contributed by atoms with Crippen LogP contribution in [0.4, 0.5) is 14.5 Å². The van der Waals surface area contributed by atoms with E-state index in [-0.39, 0.29) is 12.0 Å². The van der Waals surface area contributed by atoms with E-state index in [0.717, 1.165) is 0 Å². The van der Waals surface area contributed by atoms with Crippen molar-refractivity contribution in [2.45, 2.75) is 12.3 Å². The maximum atomic E-state index is 13.8. The highest BCUT2D eigenvalue weighted by molar-refractivity contribution is 5.73. The maximum absolute atomic E-state index is 13.8. The third-order valence-electron chi connectivity index (χ3n) is 2.91. The van der Waals surface area contributed by atoms with Gasteiger partial charge in [-0.3, -0.25) is 4.79 Å². The van der Waals surface area contributed by atoms with Gasteiger partial charge in [-0.05, 0) is 17.7 Å². The Labute approximate surface area is 121 Å². The predicted octanol–water partition coefficient (Wildman–Crippen LogP) is 3.15. The van der Waals surface area contributed by atoms with Crippen LogP contribution in [-0.2, 0) is 21.9 Å². The number of carbonyl (C=O) groups is 1. The topological polar surface area (TPSA) is 52.3 Å². The van der Waals surface area contributed by atoms with E-state index >= 15 is 0 Å². The predicted molar refractivity (Wildman–Crippen MR) is 75.9 cm³/mol. The van der Waals surface area contributed by atoms with E-state index in [0.29, 0.717) is 11.3 Å². The van der Waals surface area contributed by atoms with Gasteiger partial charge in [0.15, 0.2) is 6.61 Å². The van der Waals surface area contributed by atoms with Crippen LogP contribution in [0.5, 0.6) is 0 Å². The van der Waals surface area contributed by atoms with Crippen LogP contribution in [0.15, 0.2) is 54.6 Å². The molecule has 2 aromatic rings. The van der Waals surface area contributed by atoms with Crippen molar-refractivity contribution >= 4 is 11.7 Å². The van der Waals surface area contributed by atoms with E-state index < -0.39 is 18.5 Å². The minimum atomic E-state index is -3.20. The van der Waals surface area contributed by atoms with Gasteiger partial charge < -0.3 is 10.5 Å². The summed E-state index contributed by atoms with van der Waals surface area (Å²) in [5.74, 6) is -3.91. The number of benzene rings is 2. The molecule has 0 fully saturated rings. The second kappa shape index (κ2) is 6.35. The van der Waals surface area contributed by atoms with Gasteiger partial charge in [-0.15, -0.1) is 0 Å². The molecule has 0 bridgehead atoms. The van der Waals surface area contributed by atoms with Crippen LogP contribution in [-0.4, -0.2) is 12.6 Å². The normalized spacial score (nSPS) is 11.1. The number of ether oxygens (including phenoxy) is 1. The highest BCUT2D eigenvalue weighted by Gasteiger charge is 2.33. The van der Waals surface area contributed by atoms with Gasteiger partial charge in [0.1, 0.15) is 0 Å². The quantitative estimate of drug-likeness (QED) is 0.680. The molecule has 0 aliphatic rings. The van der Waals surface area contributed by atoms with Crippen molar-refractivity contribution < 1.29 is 18.3 Å². The fraction of sp³-hybridized carbons (Fsp3) is 0.188. The van der Waals surface area contributed by atoms with Gasteiger partial charge in [0.05, 0.1) is 6.42 Å². The van der Waals surface area contributed by atoms with Gasteiger partial charge in [0, 0.05) is 11.3 Å². The maximum Gasteiger partial charge on any atom is 0.310 e. The smallest absolute Gasteiger partial charge is 0.310 e. The number of nitrogen functional groups attached to an aromatic ring is 1. The Morgan fingerprint density at radius 2 is 1.81 bits per heavy atom. The summed E-state index contributed by atoms with van der Waals surface area (Å²) in [6.45, 7) is -0.974. The largest absolute Gasteiger partial charge is 0.459 e. The van der Waals surface area contributed by atoms with Crippen molar-refractivity contribution in [1.82, 2.24) is 0 Å². The molecule has 0 amide bonds. The third-order valence-corrected chi connectivity index (χ3v) is 2.91. The van der Waals surface area contributed by atoms with Gasteiger partial charge in [-0.1, -0.05) is 42.5 Å². The standard InChI is InChI=1S/C16H15F2NO2/c17-16(18,13-6-2-1-3-7-13)11-21-15(20)10-12-5-4-8-14(19)9-12/h1-9H,10-11,19H2. The molecule has 0 aromatic heterocycles. The molecule has 0 saturated carbocycles. The van der Waals surface area contributed by atoms with Gasteiger partial charge in [0.25, 0.3) is 0 Å². The minimum absolute atomic E-state index is 0.0874. The van der Waals surface area contributed by atoms with E-state index in [1.165, 1.54) is 24.3 Å². The van der Waals surface area contributed by atoms with Gasteiger partial charge >= 0.3 is 11.9 Å². The Kier molecular flexibility index (Phi) is 4.52. The first-order valence-corrected chi connectivity index (χ1v) is 6.41. The summed E-state index contributed by atoms with van der Waals surface area (Å²) in [6.07, 6.45) is -0.0874. The summed E-state index contributed by atoms with van der Waals surface area (Å²) in [6, 6.07) is 13.9. The molecule has 2 N–H and O–H groups in total. The molecule has 0 unspecified atom stereocenters. The number of alkyl halides is 2. The van der Waals surface area contributed by atoms with Crippen molar-refractivity contribution in [2.75, 3.05) is 12.3 Å². The Morgan fingerprint density at radius 3 is 2.48 bits per heavy atom. The number of hydrogen-bond acceptors (Lipinski definition) is 3. The molecule has 0 heterocycles. The molecule has 110 valence electrons.